The van der Waals surface area contributed by atoms with E-state index in [0.29, 0.717) is 0 Å². The third-order valence-electron chi connectivity index (χ3n) is 6.46. The fourth-order valence-electron chi connectivity index (χ4n) is 4.40. The van der Waals surface area contributed by atoms with Crippen LogP contribution in [0.2, 0.25) is 0 Å². The molecule has 0 bridgehead atoms. The zero-order valence-electron chi connectivity index (χ0n) is 22.3. The summed E-state index contributed by atoms with van der Waals surface area (Å²) < 4.78 is 63.8. The molecule has 13 heteroatoms. The number of alkyl halides is 3. The number of benzene rings is 2. The van der Waals surface area contributed by atoms with Gasteiger partial charge >= 0.3 is 12.1 Å². The maximum atomic E-state index is 13.3. The quantitative estimate of drug-likeness (QED) is 0.227. The SMILES string of the molecule is CC(C)c1ccc(/C(O)=C2\C(=O)C(=O)N(c3ccc(CNS(C)(=O)=O)nn3)C2c2ccc(CC(F)(F)F)cc2)cc1. The summed E-state index contributed by atoms with van der Waals surface area (Å²) in [5.41, 5.74) is 1.47. The highest BCUT2D eigenvalue weighted by Crippen LogP contribution is 2.41. The van der Waals surface area contributed by atoms with Crippen LogP contribution in [0.5, 0.6) is 0 Å². The van der Waals surface area contributed by atoms with Crippen molar-refractivity contribution in [2.75, 3.05) is 11.2 Å². The van der Waals surface area contributed by atoms with Gasteiger partial charge in [-0.25, -0.2) is 13.1 Å². The average Bonchev–Trinajstić information content (AvgIpc) is 3.16. The van der Waals surface area contributed by atoms with Gasteiger partial charge in [-0.15, -0.1) is 5.10 Å². The number of sulfonamides is 1. The van der Waals surface area contributed by atoms with Gasteiger partial charge < -0.3 is 5.11 Å². The summed E-state index contributed by atoms with van der Waals surface area (Å²) in [5.74, 6) is -2.35. The molecule has 3 aromatic rings. The second-order valence-electron chi connectivity index (χ2n) is 9.96. The molecule has 1 saturated heterocycles. The number of Topliss-reactive ketones (excluding diaryl/α,β-unsaturated/α-hetero) is 1. The lowest BCUT2D eigenvalue weighted by atomic mass is 9.93. The maximum absolute atomic E-state index is 13.3. The van der Waals surface area contributed by atoms with Gasteiger partial charge in [0.15, 0.2) is 5.82 Å². The Kier molecular flexibility index (Phi) is 8.31. The Hall–Kier alpha value is -4.10. The van der Waals surface area contributed by atoms with Crippen LogP contribution < -0.4 is 9.62 Å². The number of nitrogens with zero attached hydrogens (tertiary/aromatic N) is 3. The molecule has 1 unspecified atom stereocenters. The van der Waals surface area contributed by atoms with Crippen molar-refractivity contribution >= 4 is 33.3 Å². The number of carbonyl (C=O) groups excluding carboxylic acids is 2. The number of rotatable bonds is 8. The Bertz CT molecular complexity index is 1590. The van der Waals surface area contributed by atoms with E-state index >= 15 is 0 Å². The van der Waals surface area contributed by atoms with Gasteiger partial charge in [-0.05, 0) is 34.7 Å². The van der Waals surface area contributed by atoms with Crippen molar-refractivity contribution in [3.8, 4) is 0 Å². The smallest absolute Gasteiger partial charge is 0.393 e. The van der Waals surface area contributed by atoms with Crippen molar-refractivity contribution in [3.05, 3.63) is 94.2 Å². The lowest BCUT2D eigenvalue weighted by Gasteiger charge is -2.24. The molecular weight excluding hydrogens is 561 g/mol. The van der Waals surface area contributed by atoms with Gasteiger partial charge in [0.1, 0.15) is 5.76 Å². The number of ketones is 1. The molecule has 4 rings (SSSR count). The van der Waals surface area contributed by atoms with Crippen LogP contribution in [0.25, 0.3) is 5.76 Å². The highest BCUT2D eigenvalue weighted by atomic mass is 32.2. The highest BCUT2D eigenvalue weighted by Gasteiger charge is 2.47. The standard InChI is InChI=1S/C28H27F3N4O5S/c1-16(2)18-8-10-20(11-9-18)25(36)23-24(19-6-4-17(5-7-19)14-28(29,30)31)35(27(38)26(23)37)22-13-12-21(33-34-22)15-32-41(3,39)40/h4-13,16,24,32,36H,14-15H2,1-3H3/b25-23+. The Morgan fingerprint density at radius 2 is 1.63 bits per heavy atom. The van der Waals surface area contributed by atoms with Crippen molar-refractivity contribution in [2.24, 2.45) is 0 Å². The summed E-state index contributed by atoms with van der Waals surface area (Å²) in [6.07, 6.45) is -4.61. The van der Waals surface area contributed by atoms with Crippen molar-refractivity contribution in [2.45, 2.75) is 44.9 Å². The molecule has 0 aliphatic carbocycles. The predicted molar refractivity (Wildman–Crippen MR) is 145 cm³/mol. The van der Waals surface area contributed by atoms with E-state index < -0.39 is 46.1 Å². The fraction of sp³-hybridized carbons (Fsp3) is 0.286. The van der Waals surface area contributed by atoms with Gasteiger partial charge in [0, 0.05) is 5.56 Å². The third-order valence-corrected chi connectivity index (χ3v) is 7.13. The summed E-state index contributed by atoms with van der Waals surface area (Å²) >= 11 is 0. The minimum Gasteiger partial charge on any atom is -0.507 e. The van der Waals surface area contributed by atoms with E-state index in [2.05, 4.69) is 14.9 Å². The van der Waals surface area contributed by atoms with E-state index in [-0.39, 0.29) is 46.2 Å². The van der Waals surface area contributed by atoms with Crippen LogP contribution in [0.1, 0.15) is 53.8 Å². The average molecular weight is 589 g/mol. The van der Waals surface area contributed by atoms with E-state index in [1.165, 1.54) is 36.4 Å². The normalized spacial score (nSPS) is 17.4. The minimum absolute atomic E-state index is 0.0232. The van der Waals surface area contributed by atoms with Crippen LogP contribution in [0.15, 0.2) is 66.2 Å². The first-order chi connectivity index (χ1) is 19.1. The second-order valence-corrected chi connectivity index (χ2v) is 11.8. The molecule has 1 amide bonds. The van der Waals surface area contributed by atoms with Crippen LogP contribution in [0.3, 0.4) is 0 Å². The van der Waals surface area contributed by atoms with Crippen molar-refractivity contribution in [1.82, 2.24) is 14.9 Å². The van der Waals surface area contributed by atoms with Gasteiger partial charge in [0.25, 0.3) is 5.78 Å². The van der Waals surface area contributed by atoms with Crippen molar-refractivity contribution in [3.63, 3.8) is 0 Å². The third kappa shape index (κ3) is 6.98. The van der Waals surface area contributed by atoms with Crippen molar-refractivity contribution < 1.29 is 36.3 Å². The number of aromatic nitrogens is 2. The summed E-state index contributed by atoms with van der Waals surface area (Å²) in [7, 11) is -3.51. The highest BCUT2D eigenvalue weighted by molar-refractivity contribution is 7.88. The van der Waals surface area contributed by atoms with Crippen LogP contribution in [0, 0.1) is 0 Å². The van der Waals surface area contributed by atoms with E-state index in [0.717, 1.165) is 16.7 Å². The van der Waals surface area contributed by atoms with Gasteiger partial charge in [-0.3, -0.25) is 14.5 Å². The van der Waals surface area contributed by atoms with Crippen LogP contribution in [-0.2, 0) is 32.6 Å². The molecule has 1 atom stereocenters. The number of hydrogen-bond donors (Lipinski definition) is 2. The molecule has 216 valence electrons. The molecule has 1 fully saturated rings. The fourth-order valence-corrected chi connectivity index (χ4v) is 4.81. The number of halogens is 3. The Labute approximate surface area is 234 Å². The van der Waals surface area contributed by atoms with Crippen LogP contribution in [0.4, 0.5) is 19.0 Å². The molecule has 1 aromatic heterocycles. The zero-order valence-corrected chi connectivity index (χ0v) is 23.1. The van der Waals surface area contributed by atoms with Gasteiger partial charge in [0.05, 0.1) is 36.5 Å². The van der Waals surface area contributed by atoms with Gasteiger partial charge in [-0.1, -0.05) is 62.4 Å². The molecular formula is C28H27F3N4O5S. The summed E-state index contributed by atoms with van der Waals surface area (Å²) in [6, 6.07) is 13.5. The number of hydrogen-bond acceptors (Lipinski definition) is 7. The topological polar surface area (TPSA) is 130 Å². The number of nitrogens with one attached hydrogen (secondary N) is 1. The summed E-state index contributed by atoms with van der Waals surface area (Å²) in [6.45, 7) is 3.82. The molecule has 2 aromatic carbocycles. The Morgan fingerprint density at radius 3 is 2.15 bits per heavy atom. The molecule has 0 radical (unpaired) electrons. The van der Waals surface area contributed by atoms with Gasteiger partial charge in [-0.2, -0.15) is 18.3 Å². The second kappa shape index (κ2) is 11.4. The molecule has 2 N–H and O–H groups in total. The minimum atomic E-state index is -4.43. The Morgan fingerprint density at radius 1 is 1.00 bits per heavy atom. The van der Waals surface area contributed by atoms with Crippen LogP contribution in [-0.4, -0.2) is 47.8 Å². The van der Waals surface area contributed by atoms with E-state index in [4.69, 9.17) is 0 Å². The van der Waals surface area contributed by atoms with Crippen molar-refractivity contribution in [1.29, 1.82) is 0 Å². The number of carbonyl (C=O) groups is 2. The van der Waals surface area contributed by atoms with E-state index in [1.807, 2.05) is 13.8 Å². The number of aliphatic hydroxyl groups is 1. The first-order valence-corrected chi connectivity index (χ1v) is 14.4. The monoisotopic (exact) mass is 588 g/mol. The zero-order chi connectivity index (χ0) is 30.1. The number of amides is 1. The molecule has 0 saturated carbocycles. The van der Waals surface area contributed by atoms with Crippen LogP contribution >= 0.6 is 0 Å². The number of aliphatic hydroxyl groups excluding tert-OH is 1. The summed E-state index contributed by atoms with van der Waals surface area (Å²) in [4.78, 5) is 27.6. The lowest BCUT2D eigenvalue weighted by molar-refractivity contribution is -0.132. The van der Waals surface area contributed by atoms with E-state index in [9.17, 15) is 36.3 Å². The summed E-state index contributed by atoms with van der Waals surface area (Å²) in [5, 5.41) is 19.2. The molecule has 41 heavy (non-hydrogen) atoms. The predicted octanol–water partition coefficient (Wildman–Crippen LogP) is 4.38. The molecule has 9 nitrogen and oxygen atoms in total. The lowest BCUT2D eigenvalue weighted by Crippen LogP contribution is -2.30. The number of anilines is 1. The maximum Gasteiger partial charge on any atom is 0.393 e. The molecule has 1 aliphatic heterocycles. The van der Waals surface area contributed by atoms with Gasteiger partial charge in [0.2, 0.25) is 10.0 Å². The molecule has 1 aliphatic rings. The largest absolute Gasteiger partial charge is 0.507 e. The molecule has 2 heterocycles. The van der Waals surface area contributed by atoms with E-state index in [1.54, 1.807) is 24.3 Å². The first-order valence-electron chi connectivity index (χ1n) is 12.5. The first kappa shape index (κ1) is 29.9. The Balaban J connectivity index is 1.80. The molecule has 0 spiro atoms.